The zero-order valence-corrected chi connectivity index (χ0v) is 16.4. The molecule has 3 rings (SSSR count). The molecule has 2 aliphatic rings. The number of rotatable bonds is 4. The molecule has 1 aromatic rings. The minimum atomic E-state index is -0.0392. The molecule has 0 bridgehead atoms. The number of benzene rings is 1. The molecule has 3 nitrogen and oxygen atoms in total. The molecule has 0 radical (unpaired) electrons. The normalized spacial score (nSPS) is 18.1. The number of hydrogen-bond acceptors (Lipinski definition) is 2. The Kier molecular flexibility index (Phi) is 11.5. The van der Waals surface area contributed by atoms with E-state index < -0.39 is 0 Å². The van der Waals surface area contributed by atoms with Crippen molar-refractivity contribution in [2.24, 2.45) is 5.92 Å². The highest BCUT2D eigenvalue weighted by atomic mass is 35.5. The highest BCUT2D eigenvalue weighted by molar-refractivity contribution is 6.33. The Morgan fingerprint density at radius 1 is 1.07 bits per heavy atom. The average Bonchev–Trinajstić information content (AvgIpc) is 2.63. The molecule has 1 aliphatic heterocycles. The van der Waals surface area contributed by atoms with Gasteiger partial charge >= 0.3 is 0 Å². The summed E-state index contributed by atoms with van der Waals surface area (Å²) in [6.07, 6.45) is 13.4. The second-order valence-corrected chi connectivity index (χ2v) is 8.12. The molecule has 1 heterocycles. The molecule has 1 aliphatic carbocycles. The van der Waals surface area contributed by atoms with Gasteiger partial charge in [-0.1, -0.05) is 76.3 Å². The van der Waals surface area contributed by atoms with Gasteiger partial charge in [0.05, 0.1) is 10.6 Å². The van der Waals surface area contributed by atoms with Crippen LogP contribution in [0, 0.1) is 5.92 Å². The minimum Gasteiger partial charge on any atom is -0.352 e. The summed E-state index contributed by atoms with van der Waals surface area (Å²) < 4.78 is 0. The molecule has 158 valence electrons. The standard InChI is InChI=1S/C22H31ClN2O.2CH4/c23-21-9-8-19(14-17-10-12-24-13-11-17)15-20(21)22(26)25-16-18-6-4-2-1-3-5-7-18;;/h8-9,14-15,18,24H,1-7,10-13,16H2,(H,25,26);2*1H4. The highest BCUT2D eigenvalue weighted by Crippen LogP contribution is 2.23. The Hall–Kier alpha value is -1.32. The Labute approximate surface area is 177 Å². The van der Waals surface area contributed by atoms with Crippen molar-refractivity contribution in [3.63, 3.8) is 0 Å². The first-order valence-corrected chi connectivity index (χ1v) is 10.6. The lowest BCUT2D eigenvalue weighted by Gasteiger charge is -2.20. The number of piperidine rings is 1. The number of hydrogen-bond donors (Lipinski definition) is 2. The van der Waals surface area contributed by atoms with E-state index in [1.807, 2.05) is 18.2 Å². The number of halogens is 1. The molecule has 4 heteroatoms. The maximum atomic E-state index is 12.7. The van der Waals surface area contributed by atoms with Gasteiger partial charge in [0, 0.05) is 6.54 Å². The van der Waals surface area contributed by atoms with Crippen molar-refractivity contribution in [3.8, 4) is 0 Å². The fourth-order valence-corrected chi connectivity index (χ4v) is 4.22. The first kappa shape index (κ1) is 24.7. The molecule has 0 atom stereocenters. The van der Waals surface area contributed by atoms with Crippen LogP contribution in [0.4, 0.5) is 0 Å². The third kappa shape index (κ3) is 7.60. The summed E-state index contributed by atoms with van der Waals surface area (Å²) in [4.78, 5) is 12.7. The highest BCUT2D eigenvalue weighted by Gasteiger charge is 2.15. The molecule has 1 saturated carbocycles. The van der Waals surface area contributed by atoms with E-state index in [2.05, 4.69) is 16.7 Å². The SMILES string of the molecule is C.C.O=C(NCC1CCCCCCC1)c1cc(C=C2CCNCC2)ccc1Cl. The third-order valence-corrected chi connectivity index (χ3v) is 5.96. The minimum absolute atomic E-state index is 0. The van der Waals surface area contributed by atoms with Crippen LogP contribution < -0.4 is 10.6 Å². The smallest absolute Gasteiger partial charge is 0.252 e. The molecule has 2 fully saturated rings. The molecule has 2 N–H and O–H groups in total. The van der Waals surface area contributed by atoms with Gasteiger partial charge in [0.2, 0.25) is 0 Å². The van der Waals surface area contributed by atoms with E-state index in [1.165, 1.54) is 50.5 Å². The number of amides is 1. The maximum absolute atomic E-state index is 12.7. The zero-order valence-electron chi connectivity index (χ0n) is 15.7. The van der Waals surface area contributed by atoms with E-state index >= 15 is 0 Å². The third-order valence-electron chi connectivity index (χ3n) is 5.63. The summed E-state index contributed by atoms with van der Waals surface area (Å²) in [7, 11) is 0. The van der Waals surface area contributed by atoms with Crippen LogP contribution in [-0.2, 0) is 0 Å². The van der Waals surface area contributed by atoms with Gasteiger partial charge in [0.1, 0.15) is 0 Å². The monoisotopic (exact) mass is 406 g/mol. The summed E-state index contributed by atoms with van der Waals surface area (Å²) >= 11 is 6.31. The second kappa shape index (κ2) is 13.0. The van der Waals surface area contributed by atoms with Gasteiger partial charge in [-0.2, -0.15) is 0 Å². The van der Waals surface area contributed by atoms with Crippen LogP contribution in [0.5, 0.6) is 0 Å². The molecule has 0 aromatic heterocycles. The van der Waals surface area contributed by atoms with E-state index in [1.54, 1.807) is 0 Å². The summed E-state index contributed by atoms with van der Waals surface area (Å²) in [5.41, 5.74) is 3.11. The van der Waals surface area contributed by atoms with Gasteiger partial charge in [0.25, 0.3) is 5.91 Å². The van der Waals surface area contributed by atoms with Gasteiger partial charge in [-0.15, -0.1) is 0 Å². The first-order valence-electron chi connectivity index (χ1n) is 10.2. The fraction of sp³-hybridized carbons (Fsp3) is 0.625. The Balaban J connectivity index is 0.00000196. The van der Waals surface area contributed by atoms with Gasteiger partial charge in [-0.3, -0.25) is 4.79 Å². The van der Waals surface area contributed by atoms with Crippen molar-refractivity contribution in [2.45, 2.75) is 72.6 Å². The van der Waals surface area contributed by atoms with Crippen molar-refractivity contribution in [3.05, 3.63) is 39.9 Å². The quantitative estimate of drug-likeness (QED) is 0.601. The molecule has 0 spiro atoms. The predicted octanol–water partition coefficient (Wildman–Crippen LogP) is 6.47. The second-order valence-electron chi connectivity index (χ2n) is 7.71. The van der Waals surface area contributed by atoms with E-state index in [-0.39, 0.29) is 20.8 Å². The van der Waals surface area contributed by atoms with Crippen molar-refractivity contribution >= 4 is 23.6 Å². The maximum Gasteiger partial charge on any atom is 0.252 e. The van der Waals surface area contributed by atoms with Gasteiger partial charge in [0.15, 0.2) is 0 Å². The average molecular weight is 407 g/mol. The van der Waals surface area contributed by atoms with E-state index in [9.17, 15) is 4.79 Å². The molecule has 1 saturated heterocycles. The molecule has 0 unspecified atom stereocenters. The Bertz CT molecular complexity index is 625. The summed E-state index contributed by atoms with van der Waals surface area (Å²) in [6.45, 7) is 2.84. The molecule has 28 heavy (non-hydrogen) atoms. The van der Waals surface area contributed by atoms with Crippen LogP contribution in [0.15, 0.2) is 23.8 Å². The van der Waals surface area contributed by atoms with Crippen LogP contribution in [0.1, 0.15) is 88.6 Å². The van der Waals surface area contributed by atoms with Crippen molar-refractivity contribution in [1.29, 1.82) is 0 Å². The summed E-state index contributed by atoms with van der Waals surface area (Å²) in [5, 5.41) is 7.04. The summed E-state index contributed by atoms with van der Waals surface area (Å²) in [5.74, 6) is 0.570. The fourth-order valence-electron chi connectivity index (χ4n) is 4.01. The first-order chi connectivity index (χ1) is 12.7. The van der Waals surface area contributed by atoms with Crippen molar-refractivity contribution < 1.29 is 4.79 Å². The van der Waals surface area contributed by atoms with Crippen LogP contribution in [0.25, 0.3) is 6.08 Å². The van der Waals surface area contributed by atoms with E-state index in [0.717, 1.165) is 38.0 Å². The van der Waals surface area contributed by atoms with Gasteiger partial charge in [-0.05, 0) is 62.4 Å². The largest absolute Gasteiger partial charge is 0.352 e. The predicted molar refractivity (Wildman–Crippen MR) is 123 cm³/mol. The molecule has 1 amide bonds. The summed E-state index contributed by atoms with van der Waals surface area (Å²) in [6, 6.07) is 5.79. The van der Waals surface area contributed by atoms with Crippen molar-refractivity contribution in [2.75, 3.05) is 19.6 Å². The Morgan fingerprint density at radius 2 is 1.71 bits per heavy atom. The topological polar surface area (TPSA) is 41.1 Å². The van der Waals surface area contributed by atoms with Crippen molar-refractivity contribution in [1.82, 2.24) is 10.6 Å². The number of nitrogens with one attached hydrogen (secondary N) is 2. The lowest BCUT2D eigenvalue weighted by atomic mass is 9.91. The molecular weight excluding hydrogens is 368 g/mol. The van der Waals surface area contributed by atoms with Crippen LogP contribution >= 0.6 is 11.6 Å². The lowest BCUT2D eigenvalue weighted by molar-refractivity contribution is 0.0944. The molecular formula is C24H39ClN2O. The lowest BCUT2D eigenvalue weighted by Crippen LogP contribution is -2.30. The van der Waals surface area contributed by atoms with Crippen LogP contribution in [0.3, 0.4) is 0 Å². The number of carbonyl (C=O) groups excluding carboxylic acids is 1. The van der Waals surface area contributed by atoms with E-state index in [0.29, 0.717) is 16.5 Å². The van der Waals surface area contributed by atoms with Crippen LogP contribution in [0.2, 0.25) is 5.02 Å². The zero-order chi connectivity index (χ0) is 18.2. The molecule has 1 aromatic carbocycles. The van der Waals surface area contributed by atoms with Gasteiger partial charge in [-0.25, -0.2) is 0 Å². The van der Waals surface area contributed by atoms with Crippen LogP contribution in [-0.4, -0.2) is 25.5 Å². The van der Waals surface area contributed by atoms with E-state index in [4.69, 9.17) is 11.6 Å². The number of carbonyl (C=O) groups is 1. The Morgan fingerprint density at radius 3 is 2.39 bits per heavy atom. The van der Waals surface area contributed by atoms with Gasteiger partial charge < -0.3 is 10.6 Å².